The number of nitrogens with zero attached hydrogens (tertiary/aromatic N) is 1. The van der Waals surface area contributed by atoms with Crippen molar-refractivity contribution in [2.45, 2.75) is 32.4 Å². The molecular weight excluding hydrogens is 214 g/mol. The van der Waals surface area contributed by atoms with Gasteiger partial charge in [0.1, 0.15) is 0 Å². The van der Waals surface area contributed by atoms with Crippen molar-refractivity contribution in [2.24, 2.45) is 0 Å². The Kier molecular flexibility index (Phi) is 5.45. The van der Waals surface area contributed by atoms with Crippen LogP contribution in [0.3, 0.4) is 0 Å². The lowest BCUT2D eigenvalue weighted by molar-refractivity contribution is 0.173. The third-order valence-electron chi connectivity index (χ3n) is 3.14. The van der Waals surface area contributed by atoms with Crippen molar-refractivity contribution >= 4 is 5.69 Å². The quantitative estimate of drug-likeness (QED) is 0.825. The van der Waals surface area contributed by atoms with Crippen molar-refractivity contribution in [1.82, 2.24) is 0 Å². The van der Waals surface area contributed by atoms with Gasteiger partial charge in [-0.15, -0.1) is 0 Å². The van der Waals surface area contributed by atoms with Gasteiger partial charge in [-0.3, -0.25) is 0 Å². The van der Waals surface area contributed by atoms with Crippen LogP contribution >= 0.6 is 0 Å². The fourth-order valence-corrected chi connectivity index (χ4v) is 1.77. The maximum atomic E-state index is 9.72. The summed E-state index contributed by atoms with van der Waals surface area (Å²) >= 11 is 0. The minimum atomic E-state index is -0.356. The maximum absolute atomic E-state index is 9.72. The fourth-order valence-electron chi connectivity index (χ4n) is 1.77. The molecule has 0 aliphatic heterocycles. The van der Waals surface area contributed by atoms with E-state index in [0.717, 1.165) is 17.7 Å². The molecule has 0 radical (unpaired) electrons. The first-order valence-corrected chi connectivity index (χ1v) is 6.10. The van der Waals surface area contributed by atoms with Crippen LogP contribution in [0.1, 0.15) is 31.9 Å². The molecule has 0 saturated heterocycles. The first kappa shape index (κ1) is 14.0. The Hall–Kier alpha value is -1.06. The topological polar surface area (TPSA) is 32.7 Å². The van der Waals surface area contributed by atoms with E-state index in [1.165, 1.54) is 0 Å². The number of hydrogen-bond donors (Lipinski definition) is 1. The summed E-state index contributed by atoms with van der Waals surface area (Å²) in [4.78, 5) is 2.17. The van der Waals surface area contributed by atoms with E-state index < -0.39 is 0 Å². The summed E-state index contributed by atoms with van der Waals surface area (Å²) in [7, 11) is 3.76. The van der Waals surface area contributed by atoms with E-state index in [2.05, 4.69) is 18.9 Å². The first-order valence-electron chi connectivity index (χ1n) is 6.10. The summed E-state index contributed by atoms with van der Waals surface area (Å²) in [5, 5.41) is 9.72. The summed E-state index contributed by atoms with van der Waals surface area (Å²) in [5.74, 6) is 0. The molecule has 0 bridgehead atoms. The molecule has 0 aliphatic carbocycles. The molecule has 0 spiro atoms. The molecule has 1 aromatic rings. The van der Waals surface area contributed by atoms with Crippen molar-refractivity contribution in [1.29, 1.82) is 0 Å². The summed E-state index contributed by atoms with van der Waals surface area (Å²) < 4.78 is 5.14. The Balaban J connectivity index is 2.73. The number of likely N-dealkylation sites (N-methyl/N-ethyl adjacent to an activating group) is 1. The molecule has 17 heavy (non-hydrogen) atoms. The zero-order valence-electron chi connectivity index (χ0n) is 11.2. The van der Waals surface area contributed by atoms with Crippen LogP contribution in [0.5, 0.6) is 0 Å². The molecule has 0 aromatic heterocycles. The van der Waals surface area contributed by atoms with Crippen LogP contribution in [-0.4, -0.2) is 31.9 Å². The van der Waals surface area contributed by atoms with Crippen LogP contribution in [0.2, 0.25) is 0 Å². The van der Waals surface area contributed by atoms with Crippen molar-refractivity contribution in [3.05, 3.63) is 29.8 Å². The van der Waals surface area contributed by atoms with E-state index in [0.29, 0.717) is 12.6 Å². The van der Waals surface area contributed by atoms with E-state index in [1.54, 1.807) is 7.11 Å². The Labute approximate surface area is 104 Å². The predicted octanol–water partition coefficient (Wildman–Crippen LogP) is 2.60. The number of methoxy groups -OCH3 is 1. The summed E-state index contributed by atoms with van der Waals surface area (Å²) in [5.41, 5.74) is 2.12. The largest absolute Gasteiger partial charge is 0.388 e. The summed E-state index contributed by atoms with van der Waals surface area (Å²) in [6.07, 6.45) is 0.390. The van der Waals surface area contributed by atoms with Gasteiger partial charge < -0.3 is 14.7 Å². The van der Waals surface area contributed by atoms with Crippen molar-refractivity contribution in [3.63, 3.8) is 0 Å². The van der Waals surface area contributed by atoms with Gasteiger partial charge in [-0.25, -0.2) is 0 Å². The van der Waals surface area contributed by atoms with E-state index in [9.17, 15) is 5.11 Å². The Morgan fingerprint density at radius 3 is 2.35 bits per heavy atom. The van der Waals surface area contributed by atoms with E-state index >= 15 is 0 Å². The third kappa shape index (κ3) is 3.72. The molecule has 1 aromatic carbocycles. The zero-order chi connectivity index (χ0) is 12.8. The van der Waals surface area contributed by atoms with Gasteiger partial charge in [0.15, 0.2) is 0 Å². The number of ether oxygens (including phenoxy) is 1. The lowest BCUT2D eigenvalue weighted by atomic mass is 10.1. The third-order valence-corrected chi connectivity index (χ3v) is 3.14. The van der Waals surface area contributed by atoms with Crippen molar-refractivity contribution in [2.75, 3.05) is 25.7 Å². The SMILES string of the molecule is CC[C@@H](O)c1ccc(N(C)C(C)COC)cc1. The molecule has 96 valence electrons. The minimum absolute atomic E-state index is 0.335. The minimum Gasteiger partial charge on any atom is -0.388 e. The van der Waals surface area contributed by atoms with E-state index in [4.69, 9.17) is 4.74 Å². The molecule has 3 heteroatoms. The highest BCUT2D eigenvalue weighted by Crippen LogP contribution is 2.21. The van der Waals surface area contributed by atoms with Gasteiger partial charge in [-0.05, 0) is 31.0 Å². The van der Waals surface area contributed by atoms with Crippen LogP contribution in [0.25, 0.3) is 0 Å². The van der Waals surface area contributed by atoms with Gasteiger partial charge in [-0.1, -0.05) is 19.1 Å². The number of rotatable bonds is 6. The number of anilines is 1. The normalized spacial score (nSPS) is 14.4. The molecule has 0 fully saturated rings. The molecule has 3 nitrogen and oxygen atoms in total. The van der Waals surface area contributed by atoms with Crippen LogP contribution in [0, 0.1) is 0 Å². The van der Waals surface area contributed by atoms with Crippen molar-refractivity contribution in [3.8, 4) is 0 Å². The molecule has 0 aliphatic rings. The van der Waals surface area contributed by atoms with Crippen LogP contribution < -0.4 is 4.90 Å². The number of aliphatic hydroxyl groups excluding tert-OH is 1. The van der Waals surface area contributed by atoms with Crippen LogP contribution in [0.4, 0.5) is 5.69 Å². The molecule has 0 amide bonds. The lowest BCUT2D eigenvalue weighted by Crippen LogP contribution is -2.32. The number of hydrogen-bond acceptors (Lipinski definition) is 3. The van der Waals surface area contributed by atoms with Gasteiger partial charge in [0.2, 0.25) is 0 Å². The second-order valence-electron chi connectivity index (χ2n) is 4.43. The molecular formula is C14H23NO2. The smallest absolute Gasteiger partial charge is 0.0787 e. The van der Waals surface area contributed by atoms with Crippen LogP contribution in [0.15, 0.2) is 24.3 Å². The van der Waals surface area contributed by atoms with Gasteiger partial charge in [0, 0.05) is 25.9 Å². The molecule has 0 heterocycles. The Morgan fingerprint density at radius 2 is 1.88 bits per heavy atom. The van der Waals surface area contributed by atoms with Crippen LogP contribution in [-0.2, 0) is 4.74 Å². The highest BCUT2D eigenvalue weighted by Gasteiger charge is 2.10. The molecule has 1 rings (SSSR count). The zero-order valence-corrected chi connectivity index (χ0v) is 11.2. The lowest BCUT2D eigenvalue weighted by Gasteiger charge is -2.26. The summed E-state index contributed by atoms with van der Waals surface area (Å²) in [6.45, 7) is 4.81. The second-order valence-corrected chi connectivity index (χ2v) is 4.43. The molecule has 2 atom stereocenters. The van der Waals surface area contributed by atoms with Gasteiger partial charge in [0.05, 0.1) is 12.7 Å². The summed E-state index contributed by atoms with van der Waals surface area (Å²) in [6, 6.07) is 8.39. The average molecular weight is 237 g/mol. The Morgan fingerprint density at radius 1 is 1.29 bits per heavy atom. The molecule has 0 saturated carbocycles. The maximum Gasteiger partial charge on any atom is 0.0787 e. The van der Waals surface area contributed by atoms with E-state index in [1.807, 2.05) is 31.2 Å². The first-order chi connectivity index (χ1) is 8.10. The second kappa shape index (κ2) is 6.62. The van der Waals surface area contributed by atoms with Gasteiger partial charge >= 0.3 is 0 Å². The molecule has 1 N–H and O–H groups in total. The standard InChI is InChI=1S/C14H23NO2/c1-5-14(16)12-6-8-13(9-7-12)15(3)11(2)10-17-4/h6-9,11,14,16H,5,10H2,1-4H3/t11?,14-/m1/s1. The number of aliphatic hydroxyl groups is 1. The van der Waals surface area contributed by atoms with E-state index in [-0.39, 0.29) is 6.10 Å². The fraction of sp³-hybridized carbons (Fsp3) is 0.571. The monoisotopic (exact) mass is 237 g/mol. The number of benzene rings is 1. The molecule has 1 unspecified atom stereocenters. The predicted molar refractivity (Wildman–Crippen MR) is 71.4 cm³/mol. The van der Waals surface area contributed by atoms with Gasteiger partial charge in [0.25, 0.3) is 0 Å². The highest BCUT2D eigenvalue weighted by atomic mass is 16.5. The van der Waals surface area contributed by atoms with Gasteiger partial charge in [-0.2, -0.15) is 0 Å². The Bertz CT molecular complexity index is 323. The highest BCUT2D eigenvalue weighted by molar-refractivity contribution is 5.48. The van der Waals surface area contributed by atoms with Crippen molar-refractivity contribution < 1.29 is 9.84 Å². The average Bonchev–Trinajstić information content (AvgIpc) is 2.37.